The van der Waals surface area contributed by atoms with E-state index in [2.05, 4.69) is 18.4 Å². The molecule has 0 aliphatic carbocycles. The summed E-state index contributed by atoms with van der Waals surface area (Å²) in [5, 5.41) is 9.87. The predicted octanol–water partition coefficient (Wildman–Crippen LogP) is 3.67. The molecule has 0 spiro atoms. The third-order valence-corrected chi connectivity index (χ3v) is 3.93. The van der Waals surface area contributed by atoms with Gasteiger partial charge in [0.05, 0.1) is 13.7 Å². The molecular weight excluding hydrogens is 326 g/mol. The summed E-state index contributed by atoms with van der Waals surface area (Å²) in [6.45, 7) is 6.37. The maximum absolute atomic E-state index is 12.0. The molecule has 0 bridgehead atoms. The van der Waals surface area contributed by atoms with E-state index in [1.54, 1.807) is 24.2 Å². The zero-order valence-corrected chi connectivity index (χ0v) is 15.1. The van der Waals surface area contributed by atoms with E-state index < -0.39 is 12.0 Å². The van der Waals surface area contributed by atoms with Crippen LogP contribution in [0.1, 0.15) is 22.7 Å². The van der Waals surface area contributed by atoms with E-state index in [1.807, 2.05) is 49.4 Å². The lowest BCUT2D eigenvalue weighted by Crippen LogP contribution is -2.35. The van der Waals surface area contributed by atoms with Crippen molar-refractivity contribution in [1.29, 1.82) is 0 Å². The Morgan fingerprint density at radius 1 is 1.31 bits per heavy atom. The highest BCUT2D eigenvalue weighted by Gasteiger charge is 2.29. The van der Waals surface area contributed by atoms with Crippen molar-refractivity contribution in [2.45, 2.75) is 13.0 Å². The van der Waals surface area contributed by atoms with Crippen molar-refractivity contribution >= 4 is 5.97 Å². The van der Waals surface area contributed by atoms with E-state index in [0.29, 0.717) is 24.4 Å². The molecule has 4 heteroatoms. The van der Waals surface area contributed by atoms with E-state index in [0.717, 1.165) is 11.1 Å². The number of nitrogens with zero attached hydrogens (tertiary/aromatic N) is 1. The monoisotopic (exact) mass is 349 g/mol. The third-order valence-electron chi connectivity index (χ3n) is 3.93. The van der Waals surface area contributed by atoms with Crippen molar-refractivity contribution in [3.63, 3.8) is 0 Å². The van der Waals surface area contributed by atoms with E-state index >= 15 is 0 Å². The molecule has 0 unspecified atom stereocenters. The highest BCUT2D eigenvalue weighted by Crippen LogP contribution is 2.30. The van der Waals surface area contributed by atoms with Gasteiger partial charge in [0.2, 0.25) is 0 Å². The van der Waals surface area contributed by atoms with Crippen molar-refractivity contribution in [3.8, 4) is 17.6 Å². The minimum absolute atomic E-state index is 0.301. The molecule has 1 atom stereocenters. The second-order valence-electron chi connectivity index (χ2n) is 5.87. The number of methoxy groups -OCH3 is 1. The Morgan fingerprint density at radius 2 is 2.04 bits per heavy atom. The first-order chi connectivity index (χ1) is 12.6. The van der Waals surface area contributed by atoms with Gasteiger partial charge < -0.3 is 9.84 Å². The number of ether oxygens (including phenoxy) is 1. The molecule has 2 aromatic rings. The maximum atomic E-state index is 12.0. The van der Waals surface area contributed by atoms with Gasteiger partial charge in [-0.3, -0.25) is 9.69 Å². The molecule has 0 aliphatic heterocycles. The largest absolute Gasteiger partial charge is 0.496 e. The van der Waals surface area contributed by atoms with Gasteiger partial charge in [-0.1, -0.05) is 53.8 Å². The molecule has 0 amide bonds. The Morgan fingerprint density at radius 3 is 2.65 bits per heavy atom. The van der Waals surface area contributed by atoms with Crippen LogP contribution >= 0.6 is 0 Å². The normalized spacial score (nSPS) is 11.3. The average molecular weight is 349 g/mol. The van der Waals surface area contributed by atoms with Crippen LogP contribution in [0.15, 0.2) is 61.2 Å². The molecule has 0 aromatic heterocycles. The highest BCUT2D eigenvalue weighted by atomic mass is 16.5. The maximum Gasteiger partial charge on any atom is 0.325 e. The first-order valence-electron chi connectivity index (χ1n) is 8.33. The summed E-state index contributed by atoms with van der Waals surface area (Å²) in [7, 11) is 1.54. The lowest BCUT2D eigenvalue weighted by molar-refractivity contribution is -0.143. The summed E-state index contributed by atoms with van der Waals surface area (Å²) in [5.74, 6) is 5.74. The summed E-state index contributed by atoms with van der Waals surface area (Å²) in [4.78, 5) is 13.8. The first kappa shape index (κ1) is 19.3. The second kappa shape index (κ2) is 9.45. The van der Waals surface area contributed by atoms with Crippen LogP contribution in [0, 0.1) is 18.8 Å². The molecule has 0 radical (unpaired) electrons. The van der Waals surface area contributed by atoms with Gasteiger partial charge in [-0.25, -0.2) is 0 Å². The van der Waals surface area contributed by atoms with Crippen LogP contribution in [0.3, 0.4) is 0 Å². The number of carboxylic acids is 1. The van der Waals surface area contributed by atoms with Gasteiger partial charge in [0, 0.05) is 17.7 Å². The first-order valence-corrected chi connectivity index (χ1v) is 8.33. The van der Waals surface area contributed by atoms with Crippen LogP contribution in [-0.2, 0) is 4.79 Å². The number of aryl methyl sites for hydroxylation is 1. The zero-order valence-electron chi connectivity index (χ0n) is 15.1. The molecule has 2 rings (SSSR count). The van der Waals surface area contributed by atoms with Gasteiger partial charge in [-0.2, -0.15) is 0 Å². The van der Waals surface area contributed by atoms with Crippen LogP contribution in [0.2, 0.25) is 0 Å². The Labute approximate surface area is 154 Å². The van der Waals surface area contributed by atoms with Crippen molar-refractivity contribution in [1.82, 2.24) is 4.90 Å². The van der Waals surface area contributed by atoms with Gasteiger partial charge in [-0.05, 0) is 25.1 Å². The topological polar surface area (TPSA) is 49.8 Å². The Bertz CT molecular complexity index is 818. The lowest BCUT2D eigenvalue weighted by atomic mass is 10.0. The number of carbonyl (C=O) groups is 1. The fraction of sp³-hybridized carbons (Fsp3) is 0.227. The number of hydrogen-bond acceptors (Lipinski definition) is 3. The van der Waals surface area contributed by atoms with Gasteiger partial charge in [0.1, 0.15) is 11.8 Å². The van der Waals surface area contributed by atoms with Crippen LogP contribution < -0.4 is 4.74 Å². The molecule has 0 saturated carbocycles. The molecule has 0 heterocycles. The van der Waals surface area contributed by atoms with Gasteiger partial charge in [0.15, 0.2) is 0 Å². The zero-order chi connectivity index (χ0) is 18.9. The van der Waals surface area contributed by atoms with Crippen molar-refractivity contribution in [2.24, 2.45) is 0 Å². The summed E-state index contributed by atoms with van der Waals surface area (Å²) < 4.78 is 5.38. The average Bonchev–Trinajstić information content (AvgIpc) is 2.63. The van der Waals surface area contributed by atoms with E-state index in [1.165, 1.54) is 0 Å². The van der Waals surface area contributed by atoms with E-state index in [9.17, 15) is 9.90 Å². The van der Waals surface area contributed by atoms with Crippen LogP contribution in [0.5, 0.6) is 5.75 Å². The van der Waals surface area contributed by atoms with Crippen LogP contribution in [0.25, 0.3) is 0 Å². The Balaban J connectivity index is 2.35. The minimum Gasteiger partial charge on any atom is -0.496 e. The fourth-order valence-corrected chi connectivity index (χ4v) is 2.75. The standard InChI is InChI=1S/C22H23NO3/c1-4-14-23(15-8-11-18-9-6-5-7-10-18)21(22(24)25)19-16-17(2)12-13-20(19)26-3/h4-7,9-10,12-13,16,21H,1,14-15H2,2-3H3,(H,24,25)/t21-/m1/s1. The number of aliphatic carboxylic acids is 1. The molecule has 0 aliphatic rings. The van der Waals surface area contributed by atoms with Crippen LogP contribution in [0.4, 0.5) is 0 Å². The van der Waals surface area contributed by atoms with Gasteiger partial charge >= 0.3 is 5.97 Å². The molecule has 26 heavy (non-hydrogen) atoms. The predicted molar refractivity (Wildman–Crippen MR) is 103 cm³/mol. The molecule has 2 aromatic carbocycles. The van der Waals surface area contributed by atoms with Crippen LogP contribution in [-0.4, -0.2) is 36.2 Å². The number of carboxylic acid groups (broad SMARTS) is 1. The Hall–Kier alpha value is -3.03. The smallest absolute Gasteiger partial charge is 0.325 e. The molecule has 4 nitrogen and oxygen atoms in total. The molecule has 1 N–H and O–H groups in total. The summed E-state index contributed by atoms with van der Waals surface area (Å²) in [5.41, 5.74) is 2.48. The molecular formula is C22H23NO3. The summed E-state index contributed by atoms with van der Waals surface area (Å²) in [6.07, 6.45) is 1.68. The fourth-order valence-electron chi connectivity index (χ4n) is 2.75. The third kappa shape index (κ3) is 4.98. The summed E-state index contributed by atoms with van der Waals surface area (Å²) in [6, 6.07) is 14.3. The molecule has 0 fully saturated rings. The van der Waals surface area contributed by atoms with Gasteiger partial charge in [-0.15, -0.1) is 6.58 Å². The van der Waals surface area contributed by atoms with Crippen molar-refractivity contribution in [2.75, 3.05) is 20.2 Å². The quantitative estimate of drug-likeness (QED) is 0.612. The van der Waals surface area contributed by atoms with Crippen molar-refractivity contribution < 1.29 is 14.6 Å². The van der Waals surface area contributed by atoms with E-state index in [-0.39, 0.29) is 0 Å². The number of hydrogen-bond donors (Lipinski definition) is 1. The molecule has 0 saturated heterocycles. The number of rotatable bonds is 7. The summed E-state index contributed by atoms with van der Waals surface area (Å²) >= 11 is 0. The molecule has 134 valence electrons. The number of benzene rings is 2. The second-order valence-corrected chi connectivity index (χ2v) is 5.87. The van der Waals surface area contributed by atoms with Gasteiger partial charge in [0.25, 0.3) is 0 Å². The Kier molecular flexibility index (Phi) is 7.02. The SMILES string of the molecule is C=CCN(CC#Cc1ccccc1)[C@@H](C(=O)O)c1cc(C)ccc1OC. The minimum atomic E-state index is -0.947. The van der Waals surface area contributed by atoms with Crippen molar-refractivity contribution in [3.05, 3.63) is 77.9 Å². The lowest BCUT2D eigenvalue weighted by Gasteiger charge is -2.27. The highest BCUT2D eigenvalue weighted by molar-refractivity contribution is 5.77. The van der Waals surface area contributed by atoms with E-state index in [4.69, 9.17) is 4.74 Å².